The number of halogens is 1. The highest BCUT2D eigenvalue weighted by Gasteiger charge is 2.17. The van der Waals surface area contributed by atoms with Crippen LogP contribution in [-0.2, 0) is 0 Å². The molecule has 0 heterocycles. The van der Waals surface area contributed by atoms with Crippen LogP contribution >= 0.6 is 0 Å². The minimum absolute atomic E-state index is 0.149. The molecule has 2 rings (SSSR count). The van der Waals surface area contributed by atoms with Crippen molar-refractivity contribution >= 4 is 0 Å². The van der Waals surface area contributed by atoms with E-state index in [0.717, 1.165) is 25.7 Å². The largest absolute Gasteiger partial charge is 0.487 e. The highest BCUT2D eigenvalue weighted by molar-refractivity contribution is 5.30. The van der Waals surface area contributed by atoms with Crippen molar-refractivity contribution in [1.29, 1.82) is 0 Å². The SMILES string of the molecule is CC(O)c1ccc(OC2CCCCC2)c(F)c1. The van der Waals surface area contributed by atoms with E-state index in [2.05, 4.69) is 0 Å². The zero-order chi connectivity index (χ0) is 12.3. The molecule has 0 radical (unpaired) electrons. The normalized spacial score (nSPS) is 19.0. The summed E-state index contributed by atoms with van der Waals surface area (Å²) in [7, 11) is 0. The Balaban J connectivity index is 2.05. The van der Waals surface area contributed by atoms with Gasteiger partial charge in [0.1, 0.15) is 0 Å². The maximum absolute atomic E-state index is 13.7. The number of aliphatic hydroxyl groups is 1. The number of ether oxygens (including phenoxy) is 1. The van der Waals surface area contributed by atoms with Gasteiger partial charge in [0.05, 0.1) is 12.2 Å². The Bertz CT molecular complexity index is 370. The second-order valence-corrected chi connectivity index (χ2v) is 4.74. The van der Waals surface area contributed by atoms with Gasteiger partial charge in [0.25, 0.3) is 0 Å². The van der Waals surface area contributed by atoms with Crippen molar-refractivity contribution in [2.45, 2.75) is 51.2 Å². The average molecular weight is 238 g/mol. The Kier molecular flexibility index (Phi) is 4.00. The van der Waals surface area contributed by atoms with Gasteiger partial charge in [0.2, 0.25) is 0 Å². The molecule has 17 heavy (non-hydrogen) atoms. The number of rotatable bonds is 3. The van der Waals surface area contributed by atoms with E-state index >= 15 is 0 Å². The summed E-state index contributed by atoms with van der Waals surface area (Å²) in [5.41, 5.74) is 0.582. The second kappa shape index (κ2) is 5.50. The van der Waals surface area contributed by atoms with E-state index < -0.39 is 6.10 Å². The first-order chi connectivity index (χ1) is 8.16. The molecule has 1 aromatic carbocycles. The van der Waals surface area contributed by atoms with Gasteiger partial charge in [0.15, 0.2) is 11.6 Å². The fourth-order valence-corrected chi connectivity index (χ4v) is 2.24. The van der Waals surface area contributed by atoms with Gasteiger partial charge in [-0.3, -0.25) is 0 Å². The Morgan fingerprint density at radius 3 is 2.59 bits per heavy atom. The number of hydrogen-bond acceptors (Lipinski definition) is 2. The van der Waals surface area contributed by atoms with Crippen molar-refractivity contribution in [2.24, 2.45) is 0 Å². The Morgan fingerprint density at radius 2 is 2.00 bits per heavy atom. The molecule has 1 saturated carbocycles. The van der Waals surface area contributed by atoms with Crippen LogP contribution in [0.2, 0.25) is 0 Å². The molecule has 2 nitrogen and oxygen atoms in total. The van der Waals surface area contributed by atoms with Gasteiger partial charge in [0, 0.05) is 0 Å². The van der Waals surface area contributed by atoms with Gasteiger partial charge in [-0.25, -0.2) is 4.39 Å². The van der Waals surface area contributed by atoms with Crippen LogP contribution in [0.3, 0.4) is 0 Å². The lowest BCUT2D eigenvalue weighted by atomic mass is 9.98. The Hall–Kier alpha value is -1.09. The maximum Gasteiger partial charge on any atom is 0.165 e. The average Bonchev–Trinajstić information content (AvgIpc) is 2.33. The lowest BCUT2D eigenvalue weighted by Gasteiger charge is -2.23. The summed E-state index contributed by atoms with van der Waals surface area (Å²) in [5, 5.41) is 9.35. The van der Waals surface area contributed by atoms with E-state index in [-0.39, 0.29) is 11.9 Å². The van der Waals surface area contributed by atoms with E-state index in [9.17, 15) is 9.50 Å². The predicted molar refractivity (Wildman–Crippen MR) is 64.5 cm³/mol. The van der Waals surface area contributed by atoms with Crippen LogP contribution < -0.4 is 4.74 Å². The lowest BCUT2D eigenvalue weighted by molar-refractivity contribution is 0.148. The molecule has 1 aliphatic rings. The summed E-state index contributed by atoms with van der Waals surface area (Å²) in [6.45, 7) is 1.62. The molecule has 0 bridgehead atoms. The van der Waals surface area contributed by atoms with Crippen molar-refractivity contribution in [3.8, 4) is 5.75 Å². The molecule has 1 fully saturated rings. The fraction of sp³-hybridized carbons (Fsp3) is 0.571. The summed E-state index contributed by atoms with van der Waals surface area (Å²) in [4.78, 5) is 0. The van der Waals surface area contributed by atoms with Crippen molar-refractivity contribution in [1.82, 2.24) is 0 Å². The predicted octanol–water partition coefficient (Wildman–Crippen LogP) is 3.59. The molecule has 1 unspecified atom stereocenters. The molecule has 3 heteroatoms. The van der Waals surface area contributed by atoms with Gasteiger partial charge in [-0.1, -0.05) is 12.5 Å². The maximum atomic E-state index is 13.7. The zero-order valence-corrected chi connectivity index (χ0v) is 10.2. The first kappa shape index (κ1) is 12.4. The van der Waals surface area contributed by atoms with Crippen LogP contribution in [0.5, 0.6) is 5.75 Å². The third-order valence-corrected chi connectivity index (χ3v) is 3.28. The molecule has 1 aliphatic carbocycles. The van der Waals surface area contributed by atoms with Crippen LogP contribution in [0.1, 0.15) is 50.7 Å². The van der Waals surface area contributed by atoms with Crippen molar-refractivity contribution < 1.29 is 14.2 Å². The first-order valence-electron chi connectivity index (χ1n) is 6.31. The second-order valence-electron chi connectivity index (χ2n) is 4.74. The molecule has 0 saturated heterocycles. The van der Waals surface area contributed by atoms with Crippen molar-refractivity contribution in [3.05, 3.63) is 29.6 Å². The van der Waals surface area contributed by atoms with Crippen molar-refractivity contribution in [3.63, 3.8) is 0 Å². The van der Waals surface area contributed by atoms with E-state index in [1.807, 2.05) is 0 Å². The lowest BCUT2D eigenvalue weighted by Crippen LogP contribution is -2.20. The van der Waals surface area contributed by atoms with Crippen LogP contribution in [0, 0.1) is 5.82 Å². The minimum Gasteiger partial charge on any atom is -0.487 e. The molecule has 0 aromatic heterocycles. The molecule has 0 aliphatic heterocycles. The van der Waals surface area contributed by atoms with E-state index in [1.165, 1.54) is 12.5 Å². The molecule has 94 valence electrons. The molecular formula is C14H19FO2. The van der Waals surface area contributed by atoms with E-state index in [4.69, 9.17) is 4.74 Å². The quantitative estimate of drug-likeness (QED) is 0.872. The van der Waals surface area contributed by atoms with Gasteiger partial charge < -0.3 is 9.84 Å². The standard InChI is InChI=1S/C14H19FO2/c1-10(16)11-7-8-14(13(15)9-11)17-12-5-3-2-4-6-12/h7-10,12,16H,2-6H2,1H3. The number of hydrogen-bond donors (Lipinski definition) is 1. The molecule has 1 aromatic rings. The monoisotopic (exact) mass is 238 g/mol. The van der Waals surface area contributed by atoms with Gasteiger partial charge in [-0.2, -0.15) is 0 Å². The van der Waals surface area contributed by atoms with Crippen LogP contribution in [0.15, 0.2) is 18.2 Å². The topological polar surface area (TPSA) is 29.5 Å². The van der Waals surface area contributed by atoms with Gasteiger partial charge in [-0.05, 0) is 50.3 Å². The molecule has 1 atom stereocenters. The molecule has 0 amide bonds. The zero-order valence-electron chi connectivity index (χ0n) is 10.2. The van der Waals surface area contributed by atoms with Gasteiger partial charge in [-0.15, -0.1) is 0 Å². The van der Waals surface area contributed by atoms with E-state index in [0.29, 0.717) is 11.3 Å². The smallest absolute Gasteiger partial charge is 0.165 e. The highest BCUT2D eigenvalue weighted by Crippen LogP contribution is 2.27. The third kappa shape index (κ3) is 3.19. The van der Waals surface area contributed by atoms with E-state index in [1.54, 1.807) is 19.1 Å². The Morgan fingerprint density at radius 1 is 1.29 bits per heavy atom. The first-order valence-corrected chi connectivity index (χ1v) is 6.31. The van der Waals surface area contributed by atoms with Crippen molar-refractivity contribution in [2.75, 3.05) is 0 Å². The number of benzene rings is 1. The molecular weight excluding hydrogens is 219 g/mol. The fourth-order valence-electron chi connectivity index (χ4n) is 2.24. The minimum atomic E-state index is -0.645. The molecule has 0 spiro atoms. The Labute approximate surface area is 101 Å². The highest BCUT2D eigenvalue weighted by atomic mass is 19.1. The molecule has 1 N–H and O–H groups in total. The third-order valence-electron chi connectivity index (χ3n) is 3.28. The van der Waals surface area contributed by atoms with Crippen LogP contribution in [0.4, 0.5) is 4.39 Å². The summed E-state index contributed by atoms with van der Waals surface area (Å²) >= 11 is 0. The van der Waals surface area contributed by atoms with Crippen LogP contribution in [-0.4, -0.2) is 11.2 Å². The number of aliphatic hydroxyl groups excluding tert-OH is 1. The summed E-state index contributed by atoms with van der Waals surface area (Å²) < 4.78 is 19.4. The van der Waals surface area contributed by atoms with Gasteiger partial charge >= 0.3 is 0 Å². The summed E-state index contributed by atoms with van der Waals surface area (Å²) in [6.07, 6.45) is 5.11. The summed E-state index contributed by atoms with van der Waals surface area (Å²) in [6, 6.07) is 4.68. The van der Waals surface area contributed by atoms with Crippen LogP contribution in [0.25, 0.3) is 0 Å². The summed E-state index contributed by atoms with van der Waals surface area (Å²) in [5.74, 6) is -0.0738.